The van der Waals surface area contributed by atoms with Gasteiger partial charge in [-0.25, -0.2) is 8.42 Å². The molecule has 118 valence electrons. The van der Waals surface area contributed by atoms with Crippen molar-refractivity contribution >= 4 is 21.6 Å². The molecule has 0 bridgehead atoms. The number of rotatable bonds is 3. The summed E-state index contributed by atoms with van der Waals surface area (Å²) in [7, 11) is -3.40. The third-order valence-corrected chi connectivity index (χ3v) is 5.15. The zero-order valence-corrected chi connectivity index (χ0v) is 14.0. The molecule has 0 N–H and O–H groups in total. The molecule has 0 fully saturated rings. The summed E-state index contributed by atoms with van der Waals surface area (Å²) in [5.41, 5.74) is 4.52. The van der Waals surface area contributed by atoms with E-state index >= 15 is 0 Å². The summed E-state index contributed by atoms with van der Waals surface area (Å²) in [6.07, 6.45) is 3.77. The Morgan fingerprint density at radius 2 is 1.78 bits per heavy atom. The fourth-order valence-electron chi connectivity index (χ4n) is 2.88. The minimum Gasteiger partial charge on any atom is -0.313 e. The highest BCUT2D eigenvalue weighted by Gasteiger charge is 2.20. The first kappa shape index (κ1) is 15.5. The summed E-state index contributed by atoms with van der Waals surface area (Å²) in [6, 6.07) is 10.9. The molecule has 0 saturated carbocycles. The highest BCUT2D eigenvalue weighted by Crippen LogP contribution is 2.33. The summed E-state index contributed by atoms with van der Waals surface area (Å²) in [4.78, 5) is 11.9. The van der Waals surface area contributed by atoms with Crippen LogP contribution in [0.4, 0.5) is 0 Å². The normalized spacial score (nSPS) is 11.8. The van der Waals surface area contributed by atoms with Gasteiger partial charge in [0.15, 0.2) is 16.1 Å². The second-order valence-corrected chi connectivity index (χ2v) is 7.76. The third kappa shape index (κ3) is 2.57. The number of pyridine rings is 1. The lowest BCUT2D eigenvalue weighted by Crippen LogP contribution is -2.01. The molecule has 23 heavy (non-hydrogen) atoms. The summed E-state index contributed by atoms with van der Waals surface area (Å²) >= 11 is 0. The molecule has 0 spiro atoms. The summed E-state index contributed by atoms with van der Waals surface area (Å²) < 4.78 is 26.0. The van der Waals surface area contributed by atoms with Crippen molar-refractivity contribution in [1.82, 2.24) is 4.40 Å². The van der Waals surface area contributed by atoms with Crippen LogP contribution in [0.3, 0.4) is 0 Å². The van der Waals surface area contributed by atoms with Gasteiger partial charge in [-0.3, -0.25) is 4.79 Å². The van der Waals surface area contributed by atoms with Gasteiger partial charge in [-0.2, -0.15) is 0 Å². The molecule has 0 aliphatic heterocycles. The average molecular weight is 327 g/mol. The minimum atomic E-state index is -3.40. The van der Waals surface area contributed by atoms with Crippen molar-refractivity contribution in [3.8, 4) is 11.1 Å². The maximum absolute atomic E-state index is 12.1. The van der Waals surface area contributed by atoms with E-state index in [1.54, 1.807) is 16.5 Å². The lowest BCUT2D eigenvalue weighted by molar-refractivity contribution is 0.111. The lowest BCUT2D eigenvalue weighted by atomic mass is 10.0. The number of aldehydes is 1. The number of aromatic nitrogens is 1. The van der Waals surface area contributed by atoms with Crippen molar-refractivity contribution in [2.45, 2.75) is 18.7 Å². The molecule has 1 aromatic carbocycles. The van der Waals surface area contributed by atoms with Crippen molar-refractivity contribution < 1.29 is 13.2 Å². The zero-order chi connectivity index (χ0) is 16.8. The molecule has 2 heterocycles. The van der Waals surface area contributed by atoms with E-state index in [0.29, 0.717) is 16.8 Å². The zero-order valence-electron chi connectivity index (χ0n) is 13.2. The van der Waals surface area contributed by atoms with Crippen LogP contribution in [0.2, 0.25) is 0 Å². The van der Waals surface area contributed by atoms with E-state index < -0.39 is 9.84 Å². The molecular weight excluding hydrogens is 310 g/mol. The van der Waals surface area contributed by atoms with Crippen molar-refractivity contribution in [3.05, 3.63) is 59.4 Å². The summed E-state index contributed by atoms with van der Waals surface area (Å²) in [5.74, 6) is 0. The fraction of sp³-hybridized carbons (Fsp3) is 0.167. The molecule has 5 heteroatoms. The first-order valence-corrected chi connectivity index (χ1v) is 9.09. The van der Waals surface area contributed by atoms with Crippen LogP contribution in [0.1, 0.15) is 21.6 Å². The summed E-state index contributed by atoms with van der Waals surface area (Å²) in [6.45, 7) is 3.86. The van der Waals surface area contributed by atoms with Gasteiger partial charge in [-0.1, -0.05) is 23.8 Å². The highest BCUT2D eigenvalue weighted by molar-refractivity contribution is 7.90. The first-order chi connectivity index (χ1) is 10.8. The van der Waals surface area contributed by atoms with E-state index in [0.717, 1.165) is 22.9 Å². The van der Waals surface area contributed by atoms with Crippen LogP contribution >= 0.6 is 0 Å². The van der Waals surface area contributed by atoms with Crippen LogP contribution in [0.25, 0.3) is 16.6 Å². The molecule has 4 nitrogen and oxygen atoms in total. The molecular formula is C18H17NO3S. The van der Waals surface area contributed by atoms with Gasteiger partial charge in [0, 0.05) is 29.1 Å². The van der Waals surface area contributed by atoms with E-state index in [1.807, 2.05) is 44.3 Å². The number of carbonyl (C=O) groups excluding carboxylic acids is 1. The molecule has 0 atom stereocenters. The van der Waals surface area contributed by atoms with Gasteiger partial charge in [0.25, 0.3) is 0 Å². The number of benzene rings is 1. The van der Waals surface area contributed by atoms with Gasteiger partial charge >= 0.3 is 0 Å². The molecule has 0 aliphatic carbocycles. The van der Waals surface area contributed by atoms with Crippen LogP contribution in [-0.4, -0.2) is 25.4 Å². The Morgan fingerprint density at radius 1 is 1.04 bits per heavy atom. The van der Waals surface area contributed by atoms with Gasteiger partial charge < -0.3 is 4.40 Å². The smallest absolute Gasteiger partial charge is 0.176 e. The molecule has 0 aliphatic rings. The van der Waals surface area contributed by atoms with Gasteiger partial charge in [0.1, 0.15) is 0 Å². The predicted molar refractivity (Wildman–Crippen MR) is 90.8 cm³/mol. The Labute approximate surface area is 135 Å². The Kier molecular flexibility index (Phi) is 3.60. The molecule has 0 unspecified atom stereocenters. The van der Waals surface area contributed by atoms with E-state index in [2.05, 4.69) is 0 Å². The van der Waals surface area contributed by atoms with E-state index in [1.165, 1.54) is 6.26 Å². The van der Waals surface area contributed by atoms with Crippen LogP contribution in [0.5, 0.6) is 0 Å². The van der Waals surface area contributed by atoms with Gasteiger partial charge in [-0.15, -0.1) is 0 Å². The highest BCUT2D eigenvalue weighted by atomic mass is 32.2. The number of carbonyl (C=O) groups is 1. The third-order valence-electron chi connectivity index (χ3n) is 4.00. The SMILES string of the molecule is Cc1ccc(S(C)(=O)=O)c(-c2cc3c(C)cccn3c2C=O)c1. The second-order valence-electron chi connectivity index (χ2n) is 5.78. The Bertz CT molecular complexity index is 1030. The van der Waals surface area contributed by atoms with Crippen molar-refractivity contribution in [2.24, 2.45) is 0 Å². The second kappa shape index (κ2) is 5.35. The van der Waals surface area contributed by atoms with Crippen LogP contribution < -0.4 is 0 Å². The van der Waals surface area contributed by atoms with Gasteiger partial charge in [-0.05, 0) is 37.6 Å². The van der Waals surface area contributed by atoms with Crippen molar-refractivity contribution in [3.63, 3.8) is 0 Å². The van der Waals surface area contributed by atoms with E-state index in [9.17, 15) is 13.2 Å². The standard InChI is InChI=1S/C18H17NO3S/c1-12-6-7-18(23(3,21)22)15(9-12)14-10-16-13(2)5-4-8-19(16)17(14)11-20/h4-11H,1-3H3. The number of sulfone groups is 1. The number of hydrogen-bond donors (Lipinski definition) is 0. The Hall–Kier alpha value is -2.40. The Morgan fingerprint density at radius 3 is 2.43 bits per heavy atom. The molecule has 3 rings (SSSR count). The van der Waals surface area contributed by atoms with Crippen molar-refractivity contribution in [2.75, 3.05) is 6.26 Å². The van der Waals surface area contributed by atoms with E-state index in [4.69, 9.17) is 0 Å². The van der Waals surface area contributed by atoms with Crippen LogP contribution in [0.15, 0.2) is 47.5 Å². The molecule has 0 radical (unpaired) electrons. The maximum atomic E-state index is 12.1. The lowest BCUT2D eigenvalue weighted by Gasteiger charge is -2.09. The first-order valence-electron chi connectivity index (χ1n) is 7.20. The minimum absolute atomic E-state index is 0.236. The van der Waals surface area contributed by atoms with Crippen LogP contribution in [-0.2, 0) is 9.84 Å². The van der Waals surface area contributed by atoms with Crippen LogP contribution in [0, 0.1) is 13.8 Å². The number of fused-ring (bicyclic) bond motifs is 1. The van der Waals surface area contributed by atoms with Gasteiger partial charge in [0.05, 0.1) is 10.6 Å². The maximum Gasteiger partial charge on any atom is 0.176 e. The Balaban J connectivity index is 2.45. The summed E-state index contributed by atoms with van der Waals surface area (Å²) in [5, 5.41) is 0. The monoisotopic (exact) mass is 327 g/mol. The number of nitrogens with zero attached hydrogens (tertiary/aromatic N) is 1. The van der Waals surface area contributed by atoms with E-state index in [-0.39, 0.29) is 4.90 Å². The topological polar surface area (TPSA) is 55.6 Å². The fourth-order valence-corrected chi connectivity index (χ4v) is 3.76. The quantitative estimate of drug-likeness (QED) is 0.693. The largest absolute Gasteiger partial charge is 0.313 e. The van der Waals surface area contributed by atoms with Crippen molar-refractivity contribution in [1.29, 1.82) is 0 Å². The molecule has 0 amide bonds. The molecule has 3 aromatic rings. The number of aryl methyl sites for hydroxylation is 2. The predicted octanol–water partition coefficient (Wildman–Crippen LogP) is 3.44. The molecule has 0 saturated heterocycles. The molecule has 2 aromatic heterocycles. The van der Waals surface area contributed by atoms with Gasteiger partial charge in [0.2, 0.25) is 0 Å². The average Bonchev–Trinajstić information content (AvgIpc) is 2.85. The number of hydrogen-bond acceptors (Lipinski definition) is 3.